The lowest BCUT2D eigenvalue weighted by Crippen LogP contribution is -2.13. The summed E-state index contributed by atoms with van der Waals surface area (Å²) in [5.74, 6) is 0.976. The zero-order valence-corrected chi connectivity index (χ0v) is 11.4. The van der Waals surface area contributed by atoms with E-state index in [0.717, 1.165) is 11.0 Å². The maximum Gasteiger partial charge on any atom is 0.203 e. The van der Waals surface area contributed by atoms with Crippen LogP contribution >= 0.6 is 11.3 Å². The number of imidazole rings is 1. The Bertz CT molecular complexity index is 485. The van der Waals surface area contributed by atoms with Gasteiger partial charge in [0.15, 0.2) is 0 Å². The van der Waals surface area contributed by atoms with Gasteiger partial charge >= 0.3 is 0 Å². The first-order valence-electron chi connectivity index (χ1n) is 6.53. The van der Waals surface area contributed by atoms with Crippen molar-refractivity contribution in [3.63, 3.8) is 0 Å². The molecule has 0 aliphatic heterocycles. The molecule has 0 bridgehead atoms. The highest BCUT2D eigenvalue weighted by atomic mass is 32.1. The Balaban J connectivity index is 1.74. The Morgan fingerprint density at radius 1 is 1.33 bits per heavy atom. The van der Waals surface area contributed by atoms with Gasteiger partial charge in [0.25, 0.3) is 0 Å². The van der Waals surface area contributed by atoms with Crippen molar-refractivity contribution in [3.05, 3.63) is 29.0 Å². The van der Waals surface area contributed by atoms with Crippen LogP contribution in [-0.2, 0) is 0 Å². The van der Waals surface area contributed by atoms with Crippen LogP contribution in [0.1, 0.15) is 49.7 Å². The van der Waals surface area contributed by atoms with Crippen LogP contribution in [0.25, 0.3) is 0 Å². The summed E-state index contributed by atoms with van der Waals surface area (Å²) in [6.45, 7) is 2.13. The first-order chi connectivity index (χ1) is 8.84. The van der Waals surface area contributed by atoms with Gasteiger partial charge in [-0.3, -0.25) is 0 Å². The molecule has 1 unspecified atom stereocenters. The van der Waals surface area contributed by atoms with Crippen LogP contribution in [0.4, 0.5) is 5.95 Å². The molecule has 1 atom stereocenters. The zero-order chi connectivity index (χ0) is 12.4. The third-order valence-corrected chi connectivity index (χ3v) is 4.51. The van der Waals surface area contributed by atoms with Crippen molar-refractivity contribution in [3.8, 4) is 0 Å². The zero-order valence-electron chi connectivity index (χ0n) is 10.5. The van der Waals surface area contributed by atoms with Crippen LogP contribution in [0.5, 0.6) is 0 Å². The van der Waals surface area contributed by atoms with Crippen molar-refractivity contribution in [2.75, 3.05) is 5.32 Å². The predicted molar refractivity (Wildman–Crippen MR) is 73.9 cm³/mol. The van der Waals surface area contributed by atoms with Gasteiger partial charge in [0, 0.05) is 30.0 Å². The number of hydrogen-bond acceptors (Lipinski definition) is 4. The van der Waals surface area contributed by atoms with Crippen LogP contribution in [0.15, 0.2) is 24.0 Å². The monoisotopic (exact) mass is 262 g/mol. The molecular formula is C13H18N4S. The molecule has 1 aliphatic rings. The van der Waals surface area contributed by atoms with E-state index in [-0.39, 0.29) is 6.04 Å². The lowest BCUT2D eigenvalue weighted by molar-refractivity contribution is 0.521. The SMILES string of the molecule is CC(Nc1nccn1C1CCCC1)c1nccs1. The number of nitrogens with one attached hydrogen (secondary N) is 1. The molecule has 96 valence electrons. The lowest BCUT2D eigenvalue weighted by atomic mass is 10.2. The van der Waals surface area contributed by atoms with E-state index in [1.807, 2.05) is 17.8 Å². The van der Waals surface area contributed by atoms with Crippen molar-refractivity contribution in [1.82, 2.24) is 14.5 Å². The number of rotatable bonds is 4. The average Bonchev–Trinajstić information content (AvgIpc) is 3.11. The molecule has 1 fully saturated rings. The van der Waals surface area contributed by atoms with E-state index in [2.05, 4.69) is 33.0 Å². The highest BCUT2D eigenvalue weighted by molar-refractivity contribution is 7.09. The summed E-state index contributed by atoms with van der Waals surface area (Å²) >= 11 is 1.68. The first kappa shape index (κ1) is 11.7. The highest BCUT2D eigenvalue weighted by Gasteiger charge is 2.20. The number of aromatic nitrogens is 3. The molecule has 0 radical (unpaired) electrons. The van der Waals surface area contributed by atoms with Gasteiger partial charge in [-0.15, -0.1) is 11.3 Å². The van der Waals surface area contributed by atoms with Gasteiger partial charge in [0.05, 0.1) is 6.04 Å². The van der Waals surface area contributed by atoms with Crippen molar-refractivity contribution >= 4 is 17.3 Å². The second kappa shape index (κ2) is 5.10. The average molecular weight is 262 g/mol. The molecule has 0 amide bonds. The molecule has 4 nitrogen and oxygen atoms in total. The van der Waals surface area contributed by atoms with Gasteiger partial charge in [-0.1, -0.05) is 12.8 Å². The largest absolute Gasteiger partial charge is 0.347 e. The standard InChI is InChI=1S/C13H18N4S/c1-10(12-14-7-9-18-12)16-13-15-6-8-17(13)11-4-2-3-5-11/h6-11H,2-5H2,1H3,(H,15,16). The maximum atomic E-state index is 4.44. The van der Waals surface area contributed by atoms with Crippen LogP contribution in [-0.4, -0.2) is 14.5 Å². The number of anilines is 1. The normalized spacial score (nSPS) is 18.1. The summed E-state index contributed by atoms with van der Waals surface area (Å²) in [7, 11) is 0. The van der Waals surface area contributed by atoms with Crippen molar-refractivity contribution < 1.29 is 0 Å². The van der Waals surface area contributed by atoms with Crippen molar-refractivity contribution in [1.29, 1.82) is 0 Å². The molecule has 3 rings (SSSR count). The quantitative estimate of drug-likeness (QED) is 0.915. The molecule has 0 aromatic carbocycles. The van der Waals surface area contributed by atoms with E-state index >= 15 is 0 Å². The Labute approximate surface area is 111 Å². The summed E-state index contributed by atoms with van der Waals surface area (Å²) in [5, 5.41) is 6.59. The van der Waals surface area contributed by atoms with Crippen molar-refractivity contribution in [2.45, 2.75) is 44.7 Å². The Morgan fingerprint density at radius 3 is 2.89 bits per heavy atom. The molecule has 1 saturated carbocycles. The molecule has 2 heterocycles. The van der Waals surface area contributed by atoms with Gasteiger partial charge in [-0.25, -0.2) is 9.97 Å². The summed E-state index contributed by atoms with van der Waals surface area (Å²) in [6, 6.07) is 0.839. The summed E-state index contributed by atoms with van der Waals surface area (Å²) in [4.78, 5) is 8.78. The lowest BCUT2D eigenvalue weighted by Gasteiger charge is -2.18. The Kier molecular flexibility index (Phi) is 3.32. The summed E-state index contributed by atoms with van der Waals surface area (Å²) in [5.41, 5.74) is 0. The summed E-state index contributed by atoms with van der Waals surface area (Å²) in [6.07, 6.45) is 11.0. The molecule has 0 spiro atoms. The number of thiazole rings is 1. The minimum absolute atomic E-state index is 0.215. The molecule has 0 saturated heterocycles. The van der Waals surface area contributed by atoms with Gasteiger partial charge in [0.1, 0.15) is 5.01 Å². The minimum Gasteiger partial charge on any atom is -0.347 e. The third-order valence-electron chi connectivity index (χ3n) is 3.55. The molecule has 18 heavy (non-hydrogen) atoms. The van der Waals surface area contributed by atoms with E-state index in [1.54, 1.807) is 11.3 Å². The van der Waals surface area contributed by atoms with Crippen LogP contribution in [0.2, 0.25) is 0 Å². The molecule has 2 aromatic heterocycles. The minimum atomic E-state index is 0.215. The molecular weight excluding hydrogens is 244 g/mol. The molecule has 1 N–H and O–H groups in total. The second-order valence-electron chi connectivity index (χ2n) is 4.83. The molecule has 2 aromatic rings. The van der Waals surface area contributed by atoms with E-state index < -0.39 is 0 Å². The van der Waals surface area contributed by atoms with Crippen LogP contribution in [0, 0.1) is 0 Å². The Hall–Kier alpha value is -1.36. The van der Waals surface area contributed by atoms with Gasteiger partial charge in [-0.05, 0) is 19.8 Å². The number of nitrogens with zero attached hydrogens (tertiary/aromatic N) is 3. The second-order valence-corrected chi connectivity index (χ2v) is 5.76. The fourth-order valence-corrected chi connectivity index (χ4v) is 3.25. The van der Waals surface area contributed by atoms with E-state index in [1.165, 1.54) is 25.7 Å². The topological polar surface area (TPSA) is 42.7 Å². The van der Waals surface area contributed by atoms with Crippen molar-refractivity contribution in [2.24, 2.45) is 0 Å². The van der Waals surface area contributed by atoms with Crippen LogP contribution < -0.4 is 5.32 Å². The highest BCUT2D eigenvalue weighted by Crippen LogP contribution is 2.32. The Morgan fingerprint density at radius 2 is 2.17 bits per heavy atom. The fraction of sp³-hybridized carbons (Fsp3) is 0.538. The van der Waals surface area contributed by atoms with E-state index in [9.17, 15) is 0 Å². The van der Waals surface area contributed by atoms with Crippen LogP contribution in [0.3, 0.4) is 0 Å². The van der Waals surface area contributed by atoms with Gasteiger partial charge in [0.2, 0.25) is 5.95 Å². The maximum absolute atomic E-state index is 4.44. The smallest absolute Gasteiger partial charge is 0.203 e. The molecule has 5 heteroatoms. The first-order valence-corrected chi connectivity index (χ1v) is 7.41. The van der Waals surface area contributed by atoms with E-state index in [4.69, 9.17) is 0 Å². The van der Waals surface area contributed by atoms with E-state index in [0.29, 0.717) is 6.04 Å². The fourth-order valence-electron chi connectivity index (χ4n) is 2.61. The third kappa shape index (κ3) is 2.27. The summed E-state index contributed by atoms with van der Waals surface area (Å²) < 4.78 is 2.29. The number of hydrogen-bond donors (Lipinski definition) is 1. The molecule has 1 aliphatic carbocycles. The predicted octanol–water partition coefficient (Wildman–Crippen LogP) is 3.63. The van der Waals surface area contributed by atoms with Gasteiger partial charge < -0.3 is 9.88 Å². The van der Waals surface area contributed by atoms with Gasteiger partial charge in [-0.2, -0.15) is 0 Å².